The molecular formula is C27H45N3O. The monoisotopic (exact) mass is 427 g/mol. The fraction of sp³-hybridized carbons (Fsp3) is 0.667. The van der Waals surface area contributed by atoms with Crippen LogP contribution in [0.15, 0.2) is 24.5 Å². The van der Waals surface area contributed by atoms with Gasteiger partial charge in [-0.2, -0.15) is 0 Å². The summed E-state index contributed by atoms with van der Waals surface area (Å²) in [4.78, 5) is 0. The van der Waals surface area contributed by atoms with Crippen molar-refractivity contribution in [2.45, 2.75) is 111 Å². The van der Waals surface area contributed by atoms with Crippen molar-refractivity contribution in [3.63, 3.8) is 0 Å². The number of hydrogen-bond donors (Lipinski definition) is 2. The standard InChI is InChI=1S/C27H45N3O/c1-10-11-12-24(28-13-14-29-15-16-30(19-29)20(2)3)22-17-21(26(4,5)6)18-23(25(22)31)27(7,8)9/h15-18,20,24,28,31H,10-14H2,1-9H3/t24-/m0/s1. The van der Waals surface area contributed by atoms with Crippen LogP contribution in [0.5, 0.6) is 5.75 Å². The summed E-state index contributed by atoms with van der Waals surface area (Å²) in [7, 11) is 0. The first-order valence-electron chi connectivity index (χ1n) is 12.0. The first-order chi connectivity index (χ1) is 14.3. The smallest absolute Gasteiger partial charge is 0.204 e. The molecule has 0 amide bonds. The number of aromatic nitrogens is 2. The van der Waals surface area contributed by atoms with E-state index in [2.05, 4.69) is 108 Å². The highest BCUT2D eigenvalue weighted by atomic mass is 16.3. The summed E-state index contributed by atoms with van der Waals surface area (Å²) in [6.45, 7) is 21.5. The van der Waals surface area contributed by atoms with Gasteiger partial charge in [-0.1, -0.05) is 67.4 Å². The van der Waals surface area contributed by atoms with Crippen LogP contribution in [0.3, 0.4) is 0 Å². The maximum Gasteiger partial charge on any atom is 0.204 e. The van der Waals surface area contributed by atoms with Gasteiger partial charge in [0.25, 0.3) is 0 Å². The van der Waals surface area contributed by atoms with Crippen LogP contribution in [0.1, 0.15) is 110 Å². The molecule has 0 aliphatic rings. The van der Waals surface area contributed by atoms with E-state index in [-0.39, 0.29) is 16.9 Å². The minimum Gasteiger partial charge on any atom is -0.507 e. The summed E-state index contributed by atoms with van der Waals surface area (Å²) in [5.41, 5.74) is 3.28. The van der Waals surface area contributed by atoms with E-state index in [0.29, 0.717) is 11.8 Å². The molecule has 0 saturated carbocycles. The maximum absolute atomic E-state index is 11.3. The molecule has 2 N–H and O–H groups in total. The number of phenols is 1. The quantitative estimate of drug-likeness (QED) is 0.382. The largest absolute Gasteiger partial charge is 0.507 e. The summed E-state index contributed by atoms with van der Waals surface area (Å²) in [5.74, 6) is 0.458. The second kappa shape index (κ2) is 10.2. The predicted molar refractivity (Wildman–Crippen MR) is 130 cm³/mol. The Morgan fingerprint density at radius 3 is 2.29 bits per heavy atom. The van der Waals surface area contributed by atoms with E-state index >= 15 is 0 Å². The summed E-state index contributed by atoms with van der Waals surface area (Å²) in [6, 6.07) is 4.98. The van der Waals surface area contributed by atoms with Crippen molar-refractivity contribution in [2.24, 2.45) is 0 Å². The van der Waals surface area contributed by atoms with E-state index in [9.17, 15) is 5.11 Å². The van der Waals surface area contributed by atoms with Crippen molar-refractivity contribution in [1.29, 1.82) is 0 Å². The molecule has 1 atom stereocenters. The van der Waals surface area contributed by atoms with Crippen LogP contribution in [0.25, 0.3) is 0 Å². The maximum atomic E-state index is 11.3. The molecule has 1 aromatic heterocycles. The Morgan fingerprint density at radius 1 is 1.10 bits per heavy atom. The van der Waals surface area contributed by atoms with Crippen molar-refractivity contribution in [1.82, 2.24) is 9.88 Å². The highest BCUT2D eigenvalue weighted by molar-refractivity contribution is 5.50. The molecule has 0 bridgehead atoms. The Bertz CT molecular complexity index is 837. The van der Waals surface area contributed by atoms with E-state index in [4.69, 9.17) is 0 Å². The molecular weight excluding hydrogens is 382 g/mol. The van der Waals surface area contributed by atoms with E-state index in [1.807, 2.05) is 0 Å². The minimum atomic E-state index is -0.111. The number of nitrogens with zero attached hydrogens (tertiary/aromatic N) is 2. The summed E-state index contributed by atoms with van der Waals surface area (Å²) in [6.07, 6.45) is 10.8. The minimum absolute atomic E-state index is 0.0301. The molecule has 4 heteroatoms. The molecule has 0 aliphatic carbocycles. The van der Waals surface area contributed by atoms with Gasteiger partial charge in [0.15, 0.2) is 0 Å². The fourth-order valence-corrected chi connectivity index (χ4v) is 3.84. The van der Waals surface area contributed by atoms with Crippen molar-refractivity contribution in [3.05, 3.63) is 47.5 Å². The third-order valence-corrected chi connectivity index (χ3v) is 5.99. The van der Waals surface area contributed by atoms with Gasteiger partial charge in [-0.3, -0.25) is 0 Å². The lowest BCUT2D eigenvalue weighted by Gasteiger charge is -2.30. The normalized spacial score (nSPS) is 13.7. The molecule has 1 heterocycles. The Hall–Kier alpha value is -1.81. The fourth-order valence-electron chi connectivity index (χ4n) is 3.84. The Balaban J connectivity index is 2.32. The molecule has 0 unspecified atom stereocenters. The molecule has 31 heavy (non-hydrogen) atoms. The first-order valence-corrected chi connectivity index (χ1v) is 12.0. The summed E-state index contributed by atoms with van der Waals surface area (Å²) < 4.78 is 4.21. The van der Waals surface area contributed by atoms with Crippen LogP contribution in [0.2, 0.25) is 0 Å². The Labute approximate surface area is 190 Å². The third kappa shape index (κ3) is 6.83. The Morgan fingerprint density at radius 2 is 1.77 bits per heavy atom. The molecule has 0 fully saturated rings. The zero-order valence-electron chi connectivity index (χ0n) is 21.3. The molecule has 0 saturated heterocycles. The zero-order chi connectivity index (χ0) is 23.4. The number of unbranched alkanes of at least 4 members (excludes halogenated alkanes) is 1. The number of hydrogen-bond acceptors (Lipinski definition) is 2. The predicted octanol–water partition coefficient (Wildman–Crippen LogP) is 5.98. The second-order valence-corrected chi connectivity index (χ2v) is 11.2. The molecule has 4 nitrogen and oxygen atoms in total. The number of aromatic hydroxyl groups is 1. The van der Waals surface area contributed by atoms with E-state index < -0.39 is 0 Å². The van der Waals surface area contributed by atoms with Gasteiger partial charge < -0.3 is 19.6 Å². The highest BCUT2D eigenvalue weighted by Crippen LogP contribution is 2.40. The highest BCUT2D eigenvalue weighted by Gasteiger charge is 2.27. The molecule has 2 aromatic rings. The van der Waals surface area contributed by atoms with Gasteiger partial charge in [-0.15, -0.1) is 0 Å². The van der Waals surface area contributed by atoms with Gasteiger partial charge in [0.1, 0.15) is 5.75 Å². The van der Waals surface area contributed by atoms with Crippen molar-refractivity contribution in [2.75, 3.05) is 6.54 Å². The van der Waals surface area contributed by atoms with Gasteiger partial charge in [-0.05, 0) is 60.7 Å². The average Bonchev–Trinajstić information content (AvgIpc) is 3.12. The lowest BCUT2D eigenvalue weighted by molar-refractivity contribution is -0.698. The lowest BCUT2D eigenvalue weighted by Crippen LogP contribution is -2.39. The van der Waals surface area contributed by atoms with Crippen molar-refractivity contribution >= 4 is 0 Å². The zero-order valence-corrected chi connectivity index (χ0v) is 21.3. The van der Waals surface area contributed by atoms with Crippen LogP contribution in [-0.4, -0.2) is 16.2 Å². The van der Waals surface area contributed by atoms with E-state index in [1.54, 1.807) is 0 Å². The van der Waals surface area contributed by atoms with E-state index in [0.717, 1.165) is 43.5 Å². The average molecular weight is 428 g/mol. The molecule has 1 aromatic carbocycles. The second-order valence-electron chi connectivity index (χ2n) is 11.2. The van der Waals surface area contributed by atoms with Crippen molar-refractivity contribution in [3.8, 4) is 5.75 Å². The Kier molecular flexibility index (Phi) is 8.38. The molecule has 2 rings (SSSR count). The first kappa shape index (κ1) is 25.5. The summed E-state index contributed by atoms with van der Waals surface area (Å²) >= 11 is 0. The van der Waals surface area contributed by atoms with Gasteiger partial charge in [0.2, 0.25) is 6.33 Å². The molecule has 0 radical (unpaired) electrons. The van der Waals surface area contributed by atoms with Crippen LogP contribution in [0, 0.1) is 6.33 Å². The van der Waals surface area contributed by atoms with Gasteiger partial charge in [0.05, 0.1) is 12.6 Å². The van der Waals surface area contributed by atoms with Gasteiger partial charge >= 0.3 is 0 Å². The number of imidazole rings is 1. The lowest BCUT2D eigenvalue weighted by atomic mass is 9.77. The molecule has 174 valence electrons. The number of nitrogens with one attached hydrogen (secondary N) is 1. The van der Waals surface area contributed by atoms with E-state index in [1.165, 1.54) is 5.56 Å². The number of benzene rings is 1. The number of phenolic OH excluding ortho intramolecular Hbond substituents is 1. The summed E-state index contributed by atoms with van der Waals surface area (Å²) in [5, 5.41) is 15.1. The SMILES string of the molecule is CCCC[C@H](NCC[n+]1[c-]n(C(C)C)cc1)c1cc(C(C)(C)C)cc(C(C)(C)C)c1O. The van der Waals surface area contributed by atoms with Crippen LogP contribution in [0.4, 0.5) is 0 Å². The molecule has 0 aliphatic heterocycles. The third-order valence-electron chi connectivity index (χ3n) is 5.99. The van der Waals surface area contributed by atoms with Gasteiger partial charge in [-0.25, -0.2) is 0 Å². The van der Waals surface area contributed by atoms with Gasteiger partial charge in [0, 0.05) is 18.2 Å². The van der Waals surface area contributed by atoms with Crippen LogP contribution < -0.4 is 9.88 Å². The topological polar surface area (TPSA) is 41.1 Å². The molecule has 0 spiro atoms. The van der Waals surface area contributed by atoms with Crippen LogP contribution >= 0.6 is 0 Å². The van der Waals surface area contributed by atoms with Crippen molar-refractivity contribution < 1.29 is 9.67 Å². The van der Waals surface area contributed by atoms with Crippen LogP contribution in [-0.2, 0) is 17.4 Å². The number of rotatable bonds is 9.